The molecule has 0 aliphatic rings. The van der Waals surface area contributed by atoms with Crippen LogP contribution in [0.3, 0.4) is 0 Å². The van der Waals surface area contributed by atoms with Crippen molar-refractivity contribution in [2.45, 2.75) is 13.2 Å². The molecule has 0 aromatic heterocycles. The molecule has 1 N–H and O–H groups in total. The van der Waals surface area contributed by atoms with Gasteiger partial charge in [0.25, 0.3) is 0 Å². The molecule has 3 nitrogen and oxygen atoms in total. The third kappa shape index (κ3) is 5.26. The van der Waals surface area contributed by atoms with Crippen LogP contribution in [0.4, 0.5) is 5.69 Å². The van der Waals surface area contributed by atoms with E-state index in [9.17, 15) is 0 Å². The number of ether oxygens (including phenoxy) is 2. The van der Waals surface area contributed by atoms with Crippen molar-refractivity contribution in [2.24, 2.45) is 0 Å². The number of methoxy groups -OCH3 is 1. The van der Waals surface area contributed by atoms with Crippen molar-refractivity contribution < 1.29 is 9.47 Å². The minimum Gasteiger partial charge on any atom is -0.497 e. The average molecular weight is 398 g/mol. The Morgan fingerprint density at radius 3 is 2.00 bits per heavy atom. The second-order valence-corrected chi connectivity index (χ2v) is 6.56. The summed E-state index contributed by atoms with van der Waals surface area (Å²) in [6.07, 6.45) is 0. The van der Waals surface area contributed by atoms with Gasteiger partial charge in [0.1, 0.15) is 18.1 Å². The van der Waals surface area contributed by atoms with E-state index < -0.39 is 0 Å². The zero-order valence-corrected chi connectivity index (χ0v) is 15.6. The van der Waals surface area contributed by atoms with E-state index in [0.717, 1.165) is 33.8 Å². The van der Waals surface area contributed by atoms with E-state index in [2.05, 4.69) is 45.5 Å². The summed E-state index contributed by atoms with van der Waals surface area (Å²) in [6.45, 7) is 1.33. The highest BCUT2D eigenvalue weighted by Crippen LogP contribution is 2.18. The fourth-order valence-electron chi connectivity index (χ4n) is 2.36. The lowest BCUT2D eigenvalue weighted by Crippen LogP contribution is -2.00. The lowest BCUT2D eigenvalue weighted by molar-refractivity contribution is 0.306. The lowest BCUT2D eigenvalue weighted by Gasteiger charge is -2.09. The summed E-state index contributed by atoms with van der Waals surface area (Å²) in [4.78, 5) is 0. The summed E-state index contributed by atoms with van der Waals surface area (Å²) >= 11 is 3.44. The zero-order valence-electron chi connectivity index (χ0n) is 14.0. The van der Waals surface area contributed by atoms with Gasteiger partial charge in [-0.15, -0.1) is 0 Å². The number of halogens is 1. The van der Waals surface area contributed by atoms with Crippen LogP contribution in [-0.2, 0) is 13.2 Å². The minimum atomic E-state index is 0.566. The molecule has 0 amide bonds. The van der Waals surface area contributed by atoms with Crippen molar-refractivity contribution in [3.05, 3.63) is 88.4 Å². The standard InChI is InChI=1S/C21H20BrNO2/c1-24-20-12-8-19(9-13-20)23-14-16-4-10-21(11-5-16)25-15-17-2-6-18(22)7-3-17/h2-13,23H,14-15H2,1H3. The molecule has 0 radical (unpaired) electrons. The van der Waals surface area contributed by atoms with Crippen LogP contribution >= 0.6 is 15.9 Å². The summed E-state index contributed by atoms with van der Waals surface area (Å²) in [7, 11) is 1.67. The first-order valence-corrected chi connectivity index (χ1v) is 8.86. The SMILES string of the molecule is COc1ccc(NCc2ccc(OCc3ccc(Br)cc3)cc2)cc1. The van der Waals surface area contributed by atoms with E-state index in [0.29, 0.717) is 6.61 Å². The Kier molecular flexibility index (Phi) is 5.96. The number of hydrogen-bond donors (Lipinski definition) is 1. The molecule has 0 atom stereocenters. The number of benzene rings is 3. The molecular formula is C21H20BrNO2. The van der Waals surface area contributed by atoms with Crippen LogP contribution in [0.1, 0.15) is 11.1 Å². The molecule has 3 aromatic carbocycles. The zero-order chi connectivity index (χ0) is 17.5. The van der Waals surface area contributed by atoms with Gasteiger partial charge in [0.2, 0.25) is 0 Å². The van der Waals surface area contributed by atoms with E-state index in [1.54, 1.807) is 7.11 Å². The monoisotopic (exact) mass is 397 g/mol. The predicted molar refractivity (Wildman–Crippen MR) is 105 cm³/mol. The molecule has 0 fully saturated rings. The fraction of sp³-hybridized carbons (Fsp3) is 0.143. The number of rotatable bonds is 7. The molecule has 128 valence electrons. The van der Waals surface area contributed by atoms with Gasteiger partial charge in [-0.25, -0.2) is 0 Å². The highest BCUT2D eigenvalue weighted by Gasteiger charge is 1.99. The van der Waals surface area contributed by atoms with Crippen molar-refractivity contribution in [3.8, 4) is 11.5 Å². The van der Waals surface area contributed by atoms with Crippen molar-refractivity contribution in [3.63, 3.8) is 0 Å². The first-order valence-electron chi connectivity index (χ1n) is 8.07. The molecule has 0 heterocycles. The molecule has 0 unspecified atom stereocenters. The largest absolute Gasteiger partial charge is 0.497 e. The molecule has 3 rings (SSSR count). The Hall–Kier alpha value is -2.46. The van der Waals surface area contributed by atoms with Gasteiger partial charge in [0.05, 0.1) is 7.11 Å². The highest BCUT2D eigenvalue weighted by molar-refractivity contribution is 9.10. The van der Waals surface area contributed by atoms with E-state index in [1.807, 2.05) is 48.5 Å². The topological polar surface area (TPSA) is 30.5 Å². The minimum absolute atomic E-state index is 0.566. The van der Waals surface area contributed by atoms with Crippen LogP contribution in [0.2, 0.25) is 0 Å². The Bertz CT molecular complexity index is 784. The number of anilines is 1. The normalized spacial score (nSPS) is 10.3. The summed E-state index contributed by atoms with van der Waals surface area (Å²) in [5.41, 5.74) is 3.41. The van der Waals surface area contributed by atoms with Crippen LogP contribution in [0.5, 0.6) is 11.5 Å². The number of nitrogens with one attached hydrogen (secondary N) is 1. The van der Waals surface area contributed by atoms with E-state index in [1.165, 1.54) is 5.56 Å². The third-order valence-electron chi connectivity index (χ3n) is 3.83. The molecule has 3 aromatic rings. The summed E-state index contributed by atoms with van der Waals surface area (Å²) < 4.78 is 12.1. The van der Waals surface area contributed by atoms with Gasteiger partial charge >= 0.3 is 0 Å². The maximum Gasteiger partial charge on any atom is 0.119 e. The maximum atomic E-state index is 5.83. The Balaban J connectivity index is 1.50. The number of hydrogen-bond acceptors (Lipinski definition) is 3. The third-order valence-corrected chi connectivity index (χ3v) is 4.36. The first kappa shape index (κ1) is 17.4. The quantitative estimate of drug-likeness (QED) is 0.558. The second kappa shape index (κ2) is 8.58. The van der Waals surface area contributed by atoms with Crippen LogP contribution < -0.4 is 14.8 Å². The Labute approximate surface area is 156 Å². The van der Waals surface area contributed by atoms with Gasteiger partial charge in [-0.05, 0) is 59.7 Å². The molecule has 4 heteroatoms. The van der Waals surface area contributed by atoms with Crippen LogP contribution in [0.25, 0.3) is 0 Å². The van der Waals surface area contributed by atoms with E-state index in [-0.39, 0.29) is 0 Å². The van der Waals surface area contributed by atoms with Crippen molar-refractivity contribution >= 4 is 21.6 Å². The summed E-state index contributed by atoms with van der Waals surface area (Å²) in [6, 6.07) is 24.2. The van der Waals surface area contributed by atoms with Crippen molar-refractivity contribution in [1.82, 2.24) is 0 Å². The van der Waals surface area contributed by atoms with Gasteiger partial charge < -0.3 is 14.8 Å². The first-order chi connectivity index (χ1) is 12.2. The van der Waals surface area contributed by atoms with Crippen LogP contribution in [0.15, 0.2) is 77.3 Å². The molecule has 25 heavy (non-hydrogen) atoms. The summed E-state index contributed by atoms with van der Waals surface area (Å²) in [5, 5.41) is 3.39. The van der Waals surface area contributed by atoms with Crippen LogP contribution in [-0.4, -0.2) is 7.11 Å². The highest BCUT2D eigenvalue weighted by atomic mass is 79.9. The van der Waals surface area contributed by atoms with E-state index in [4.69, 9.17) is 9.47 Å². The Morgan fingerprint density at radius 2 is 1.36 bits per heavy atom. The predicted octanol–water partition coefficient (Wildman–Crippen LogP) is 5.65. The lowest BCUT2D eigenvalue weighted by atomic mass is 10.2. The molecule has 0 spiro atoms. The second-order valence-electron chi connectivity index (χ2n) is 5.64. The van der Waals surface area contributed by atoms with Gasteiger partial charge in [-0.3, -0.25) is 0 Å². The van der Waals surface area contributed by atoms with Gasteiger partial charge in [0.15, 0.2) is 0 Å². The smallest absolute Gasteiger partial charge is 0.119 e. The average Bonchev–Trinajstić information content (AvgIpc) is 2.67. The molecule has 0 saturated carbocycles. The fourth-order valence-corrected chi connectivity index (χ4v) is 2.63. The molecule has 0 saturated heterocycles. The van der Waals surface area contributed by atoms with Gasteiger partial charge in [-0.2, -0.15) is 0 Å². The Morgan fingerprint density at radius 1 is 0.760 bits per heavy atom. The van der Waals surface area contributed by atoms with E-state index >= 15 is 0 Å². The molecule has 0 aliphatic carbocycles. The van der Waals surface area contributed by atoms with Gasteiger partial charge in [-0.1, -0.05) is 40.2 Å². The van der Waals surface area contributed by atoms with Gasteiger partial charge in [0, 0.05) is 16.7 Å². The molecule has 0 aliphatic heterocycles. The maximum absolute atomic E-state index is 5.83. The summed E-state index contributed by atoms with van der Waals surface area (Å²) in [5.74, 6) is 1.73. The molecular weight excluding hydrogens is 378 g/mol. The van der Waals surface area contributed by atoms with Crippen molar-refractivity contribution in [2.75, 3.05) is 12.4 Å². The van der Waals surface area contributed by atoms with Crippen LogP contribution in [0, 0.1) is 0 Å². The molecule has 0 bridgehead atoms. The van der Waals surface area contributed by atoms with Crippen molar-refractivity contribution in [1.29, 1.82) is 0 Å².